The number of nitrogens with one attached hydrogen (secondary N) is 1. The van der Waals surface area contributed by atoms with E-state index in [2.05, 4.69) is 15.3 Å². The topological polar surface area (TPSA) is 92.2 Å². The standard InChI is InChI=1S/C18H19N3O3/c1-11(2)17-15(18(23)24)10-19-16(21-17)9-6-13-4-7-14(8-5-13)20-12(3)22/h4-11H,1-3H3,(H,20,22)(H,23,24)/b9-6+. The fraction of sp³-hybridized carbons (Fsp3) is 0.222. The zero-order chi connectivity index (χ0) is 17.7. The van der Waals surface area contributed by atoms with Gasteiger partial charge in [-0.05, 0) is 29.7 Å². The summed E-state index contributed by atoms with van der Waals surface area (Å²) in [5.41, 5.74) is 2.28. The van der Waals surface area contributed by atoms with Gasteiger partial charge in [0, 0.05) is 18.8 Å². The maximum atomic E-state index is 11.2. The number of carboxylic acid groups (broad SMARTS) is 1. The molecule has 0 unspecified atom stereocenters. The molecule has 0 aliphatic rings. The Morgan fingerprint density at radius 3 is 2.38 bits per heavy atom. The number of anilines is 1. The largest absolute Gasteiger partial charge is 0.478 e. The second kappa shape index (κ2) is 7.50. The monoisotopic (exact) mass is 325 g/mol. The van der Waals surface area contributed by atoms with Gasteiger partial charge in [0.25, 0.3) is 0 Å². The van der Waals surface area contributed by atoms with Crippen LogP contribution in [0.3, 0.4) is 0 Å². The van der Waals surface area contributed by atoms with E-state index in [1.54, 1.807) is 18.2 Å². The smallest absolute Gasteiger partial charge is 0.339 e. The van der Waals surface area contributed by atoms with Crippen LogP contribution in [0.2, 0.25) is 0 Å². The van der Waals surface area contributed by atoms with Crippen molar-refractivity contribution in [3.05, 3.63) is 53.1 Å². The summed E-state index contributed by atoms with van der Waals surface area (Å²) in [4.78, 5) is 30.6. The van der Waals surface area contributed by atoms with Crippen molar-refractivity contribution in [1.82, 2.24) is 9.97 Å². The van der Waals surface area contributed by atoms with E-state index in [0.717, 1.165) is 11.3 Å². The average molecular weight is 325 g/mol. The Morgan fingerprint density at radius 1 is 1.17 bits per heavy atom. The van der Waals surface area contributed by atoms with Crippen molar-refractivity contribution >= 4 is 29.7 Å². The summed E-state index contributed by atoms with van der Waals surface area (Å²) in [5, 5.41) is 11.9. The molecule has 0 radical (unpaired) electrons. The van der Waals surface area contributed by atoms with Crippen LogP contribution in [0.1, 0.15) is 54.1 Å². The number of aromatic carboxylic acids is 1. The number of hydrogen-bond donors (Lipinski definition) is 2. The maximum absolute atomic E-state index is 11.2. The Morgan fingerprint density at radius 2 is 1.83 bits per heavy atom. The molecule has 0 fully saturated rings. The van der Waals surface area contributed by atoms with E-state index in [1.807, 2.05) is 32.1 Å². The molecule has 0 spiro atoms. The van der Waals surface area contributed by atoms with E-state index in [9.17, 15) is 14.7 Å². The van der Waals surface area contributed by atoms with E-state index >= 15 is 0 Å². The van der Waals surface area contributed by atoms with E-state index in [0.29, 0.717) is 11.5 Å². The lowest BCUT2D eigenvalue weighted by molar-refractivity contribution is -0.114. The number of carbonyl (C=O) groups excluding carboxylic acids is 1. The zero-order valence-electron chi connectivity index (χ0n) is 13.8. The first kappa shape index (κ1) is 17.3. The maximum Gasteiger partial charge on any atom is 0.339 e. The van der Waals surface area contributed by atoms with E-state index < -0.39 is 5.97 Å². The van der Waals surface area contributed by atoms with Crippen molar-refractivity contribution in [2.45, 2.75) is 26.7 Å². The first-order chi connectivity index (χ1) is 11.4. The molecule has 24 heavy (non-hydrogen) atoms. The lowest BCUT2D eigenvalue weighted by atomic mass is 10.1. The van der Waals surface area contributed by atoms with Crippen LogP contribution in [-0.2, 0) is 4.79 Å². The molecule has 0 aliphatic heterocycles. The molecule has 1 amide bonds. The molecule has 0 atom stereocenters. The fourth-order valence-electron chi connectivity index (χ4n) is 2.15. The summed E-state index contributed by atoms with van der Waals surface area (Å²) in [6.07, 6.45) is 4.90. The molecule has 0 saturated heterocycles. The fourth-order valence-corrected chi connectivity index (χ4v) is 2.15. The van der Waals surface area contributed by atoms with Gasteiger partial charge >= 0.3 is 5.97 Å². The SMILES string of the molecule is CC(=O)Nc1ccc(/C=C/c2ncc(C(=O)O)c(C(C)C)n2)cc1. The minimum atomic E-state index is -1.03. The summed E-state index contributed by atoms with van der Waals surface area (Å²) < 4.78 is 0. The van der Waals surface area contributed by atoms with Crippen molar-refractivity contribution in [2.24, 2.45) is 0 Å². The number of hydrogen-bond acceptors (Lipinski definition) is 4. The number of rotatable bonds is 5. The molecule has 2 aromatic rings. The highest BCUT2D eigenvalue weighted by Gasteiger charge is 2.15. The Labute approximate surface area is 140 Å². The summed E-state index contributed by atoms with van der Waals surface area (Å²) in [6, 6.07) is 7.32. The van der Waals surface area contributed by atoms with Gasteiger partial charge in [0.1, 0.15) is 0 Å². The number of carbonyl (C=O) groups is 2. The number of carboxylic acids is 1. The molecule has 0 bridgehead atoms. The predicted molar refractivity (Wildman–Crippen MR) is 92.8 cm³/mol. The first-order valence-corrected chi connectivity index (χ1v) is 7.52. The van der Waals surface area contributed by atoms with Crippen LogP contribution in [0.15, 0.2) is 30.5 Å². The number of amides is 1. The molecule has 1 heterocycles. The summed E-state index contributed by atoms with van der Waals surface area (Å²) in [6.45, 7) is 5.24. The van der Waals surface area contributed by atoms with Crippen LogP contribution in [0.5, 0.6) is 0 Å². The van der Waals surface area contributed by atoms with Crippen LogP contribution in [0.4, 0.5) is 5.69 Å². The third kappa shape index (κ3) is 4.49. The van der Waals surface area contributed by atoms with Gasteiger partial charge in [0.2, 0.25) is 5.91 Å². The van der Waals surface area contributed by atoms with Gasteiger partial charge in [-0.25, -0.2) is 14.8 Å². The normalized spacial score (nSPS) is 11.0. The second-order valence-corrected chi connectivity index (χ2v) is 5.62. The molecule has 0 saturated carbocycles. The minimum Gasteiger partial charge on any atom is -0.478 e. The van der Waals surface area contributed by atoms with Crippen molar-refractivity contribution in [1.29, 1.82) is 0 Å². The quantitative estimate of drug-likeness (QED) is 0.878. The molecule has 2 rings (SSSR count). The Hall–Kier alpha value is -3.02. The van der Waals surface area contributed by atoms with Crippen LogP contribution in [0, 0.1) is 0 Å². The molecule has 6 nitrogen and oxygen atoms in total. The lowest BCUT2D eigenvalue weighted by Gasteiger charge is -2.08. The van der Waals surface area contributed by atoms with Crippen molar-refractivity contribution < 1.29 is 14.7 Å². The third-order valence-corrected chi connectivity index (χ3v) is 3.27. The van der Waals surface area contributed by atoms with Gasteiger partial charge in [-0.2, -0.15) is 0 Å². The second-order valence-electron chi connectivity index (χ2n) is 5.62. The van der Waals surface area contributed by atoms with Gasteiger partial charge in [-0.3, -0.25) is 4.79 Å². The van der Waals surface area contributed by atoms with E-state index in [-0.39, 0.29) is 17.4 Å². The van der Waals surface area contributed by atoms with Gasteiger partial charge in [-0.1, -0.05) is 32.1 Å². The highest BCUT2D eigenvalue weighted by molar-refractivity contribution is 5.89. The van der Waals surface area contributed by atoms with Crippen molar-refractivity contribution in [3.63, 3.8) is 0 Å². The molecule has 2 N–H and O–H groups in total. The van der Waals surface area contributed by atoms with Gasteiger partial charge in [0.15, 0.2) is 5.82 Å². The number of nitrogens with zero attached hydrogens (tertiary/aromatic N) is 2. The Bertz CT molecular complexity index is 781. The molecular formula is C18H19N3O3. The number of aromatic nitrogens is 2. The average Bonchev–Trinajstić information content (AvgIpc) is 2.53. The van der Waals surface area contributed by atoms with Crippen LogP contribution >= 0.6 is 0 Å². The van der Waals surface area contributed by atoms with Gasteiger partial charge < -0.3 is 10.4 Å². The zero-order valence-corrected chi connectivity index (χ0v) is 13.8. The molecule has 1 aromatic heterocycles. The third-order valence-electron chi connectivity index (χ3n) is 3.27. The Balaban J connectivity index is 2.21. The lowest BCUT2D eigenvalue weighted by Crippen LogP contribution is -2.08. The van der Waals surface area contributed by atoms with E-state index in [1.165, 1.54) is 13.1 Å². The summed E-state index contributed by atoms with van der Waals surface area (Å²) >= 11 is 0. The van der Waals surface area contributed by atoms with Crippen molar-refractivity contribution in [3.8, 4) is 0 Å². The van der Waals surface area contributed by atoms with Crippen LogP contribution in [0.25, 0.3) is 12.2 Å². The van der Waals surface area contributed by atoms with Crippen LogP contribution < -0.4 is 5.32 Å². The number of benzene rings is 1. The summed E-state index contributed by atoms with van der Waals surface area (Å²) in [7, 11) is 0. The van der Waals surface area contributed by atoms with Gasteiger partial charge in [-0.15, -0.1) is 0 Å². The highest BCUT2D eigenvalue weighted by Crippen LogP contribution is 2.18. The highest BCUT2D eigenvalue weighted by atomic mass is 16.4. The molecule has 6 heteroatoms. The minimum absolute atomic E-state index is 0.0109. The predicted octanol–water partition coefficient (Wildman–Crippen LogP) is 3.43. The van der Waals surface area contributed by atoms with Crippen LogP contribution in [-0.4, -0.2) is 27.0 Å². The molecular weight excluding hydrogens is 306 g/mol. The van der Waals surface area contributed by atoms with Crippen molar-refractivity contribution in [2.75, 3.05) is 5.32 Å². The molecule has 1 aromatic carbocycles. The molecule has 0 aliphatic carbocycles. The van der Waals surface area contributed by atoms with Gasteiger partial charge in [0.05, 0.1) is 11.3 Å². The van der Waals surface area contributed by atoms with E-state index in [4.69, 9.17) is 0 Å². The Kier molecular flexibility index (Phi) is 5.42. The first-order valence-electron chi connectivity index (χ1n) is 7.52. The molecule has 124 valence electrons. The summed E-state index contributed by atoms with van der Waals surface area (Å²) in [5.74, 6) is -0.702.